The van der Waals surface area contributed by atoms with Crippen molar-refractivity contribution >= 4 is 11.9 Å². The number of nitrogens with one attached hydrogen (secondary N) is 2. The van der Waals surface area contributed by atoms with Crippen molar-refractivity contribution in [2.75, 3.05) is 18.9 Å². The number of rotatable bonds is 4. The Morgan fingerprint density at radius 1 is 1.33 bits per heavy atom. The zero-order valence-electron chi connectivity index (χ0n) is 9.29. The summed E-state index contributed by atoms with van der Waals surface area (Å²) in [6, 6.07) is 1.91. The molecule has 15 heavy (non-hydrogen) atoms. The van der Waals surface area contributed by atoms with Gasteiger partial charge in [-0.2, -0.15) is 0 Å². The Balaban J connectivity index is 2.47. The van der Waals surface area contributed by atoms with Gasteiger partial charge in [-0.3, -0.25) is 4.79 Å². The molecule has 5 heteroatoms. The lowest BCUT2D eigenvalue weighted by molar-refractivity contribution is -0.120. The van der Waals surface area contributed by atoms with Gasteiger partial charge in [-0.25, -0.2) is 9.97 Å². The first-order valence-corrected chi connectivity index (χ1v) is 4.88. The highest BCUT2D eigenvalue weighted by molar-refractivity contribution is 5.75. The molecule has 0 aliphatic carbocycles. The summed E-state index contributed by atoms with van der Waals surface area (Å²) in [5, 5.41) is 5.56. The molecule has 0 radical (unpaired) electrons. The second-order valence-corrected chi connectivity index (χ2v) is 3.32. The van der Waals surface area contributed by atoms with Crippen molar-refractivity contribution in [2.45, 2.75) is 20.3 Å². The van der Waals surface area contributed by atoms with Crippen LogP contribution in [0.1, 0.15) is 17.8 Å². The van der Waals surface area contributed by atoms with Crippen molar-refractivity contribution in [3.8, 4) is 0 Å². The Kier molecular flexibility index (Phi) is 4.03. The van der Waals surface area contributed by atoms with Crippen LogP contribution in [0.4, 0.5) is 5.95 Å². The fourth-order valence-corrected chi connectivity index (χ4v) is 1.22. The summed E-state index contributed by atoms with van der Waals surface area (Å²) in [5.41, 5.74) is 1.84. The number of hydrogen-bond donors (Lipinski definition) is 2. The van der Waals surface area contributed by atoms with E-state index < -0.39 is 0 Å². The van der Waals surface area contributed by atoms with Crippen LogP contribution >= 0.6 is 0 Å². The molecule has 1 heterocycles. The first-order valence-electron chi connectivity index (χ1n) is 4.88. The number of hydrogen-bond acceptors (Lipinski definition) is 4. The van der Waals surface area contributed by atoms with Gasteiger partial charge in [0, 0.05) is 31.4 Å². The maximum atomic E-state index is 10.9. The summed E-state index contributed by atoms with van der Waals surface area (Å²) in [6.07, 6.45) is 0.423. The van der Waals surface area contributed by atoms with Gasteiger partial charge in [-0.15, -0.1) is 0 Å². The third kappa shape index (κ3) is 3.93. The Morgan fingerprint density at radius 3 is 2.47 bits per heavy atom. The number of carbonyl (C=O) groups is 1. The van der Waals surface area contributed by atoms with Crippen LogP contribution < -0.4 is 10.6 Å². The zero-order chi connectivity index (χ0) is 11.3. The summed E-state index contributed by atoms with van der Waals surface area (Å²) < 4.78 is 0. The maximum Gasteiger partial charge on any atom is 0.223 e. The highest BCUT2D eigenvalue weighted by Gasteiger charge is 2.00. The minimum absolute atomic E-state index is 0.00637. The zero-order valence-corrected chi connectivity index (χ0v) is 9.29. The van der Waals surface area contributed by atoms with Crippen molar-refractivity contribution in [3.63, 3.8) is 0 Å². The third-order valence-corrected chi connectivity index (χ3v) is 1.90. The molecule has 1 rings (SSSR count). The molecule has 0 bridgehead atoms. The number of aromatic nitrogens is 2. The van der Waals surface area contributed by atoms with Gasteiger partial charge in [0.2, 0.25) is 11.9 Å². The monoisotopic (exact) mass is 208 g/mol. The summed E-state index contributed by atoms with van der Waals surface area (Å²) in [5.74, 6) is 0.586. The quantitative estimate of drug-likeness (QED) is 0.762. The molecule has 0 saturated carbocycles. The number of aryl methyl sites for hydroxylation is 2. The molecule has 1 amide bonds. The lowest BCUT2D eigenvalue weighted by atomic mass is 10.3. The lowest BCUT2D eigenvalue weighted by Gasteiger charge is -2.05. The van der Waals surface area contributed by atoms with E-state index in [-0.39, 0.29) is 5.91 Å². The van der Waals surface area contributed by atoms with Gasteiger partial charge in [0.15, 0.2) is 0 Å². The molecular formula is C10H16N4O. The molecule has 0 aromatic carbocycles. The van der Waals surface area contributed by atoms with Gasteiger partial charge in [0.1, 0.15) is 0 Å². The topological polar surface area (TPSA) is 66.9 Å². The van der Waals surface area contributed by atoms with Crippen LogP contribution in [0.15, 0.2) is 6.07 Å². The van der Waals surface area contributed by atoms with E-state index in [0.717, 1.165) is 11.4 Å². The summed E-state index contributed by atoms with van der Waals surface area (Å²) in [6.45, 7) is 4.37. The average molecular weight is 208 g/mol. The minimum atomic E-state index is 0.00637. The van der Waals surface area contributed by atoms with E-state index in [1.165, 1.54) is 0 Å². The van der Waals surface area contributed by atoms with Crippen LogP contribution in [0.5, 0.6) is 0 Å². The Morgan fingerprint density at radius 2 is 1.93 bits per heavy atom. The standard InChI is InChI=1S/C10H16N4O/c1-7-6-8(2)14-10(13-7)12-5-4-9(15)11-3/h6H,4-5H2,1-3H3,(H,11,15)(H,12,13,14). The second kappa shape index (κ2) is 5.29. The second-order valence-electron chi connectivity index (χ2n) is 3.32. The van der Waals surface area contributed by atoms with E-state index in [1.807, 2.05) is 19.9 Å². The van der Waals surface area contributed by atoms with Crippen molar-refractivity contribution in [2.24, 2.45) is 0 Å². The van der Waals surface area contributed by atoms with E-state index >= 15 is 0 Å². The molecule has 0 saturated heterocycles. The molecule has 82 valence electrons. The highest BCUT2D eigenvalue weighted by atomic mass is 16.1. The first-order chi connectivity index (χ1) is 7.11. The predicted octanol–water partition coefficient (Wildman–Crippen LogP) is 0.641. The molecule has 0 unspecified atom stereocenters. The summed E-state index contributed by atoms with van der Waals surface area (Å²) in [4.78, 5) is 19.3. The van der Waals surface area contributed by atoms with E-state index in [2.05, 4.69) is 20.6 Å². The maximum absolute atomic E-state index is 10.9. The Hall–Kier alpha value is -1.65. The molecule has 0 atom stereocenters. The molecule has 0 spiro atoms. The fraction of sp³-hybridized carbons (Fsp3) is 0.500. The fourth-order valence-electron chi connectivity index (χ4n) is 1.22. The van der Waals surface area contributed by atoms with Crippen LogP contribution in [0.3, 0.4) is 0 Å². The van der Waals surface area contributed by atoms with Crippen LogP contribution in [-0.2, 0) is 4.79 Å². The van der Waals surface area contributed by atoms with Gasteiger partial charge in [-0.05, 0) is 19.9 Å². The molecule has 0 fully saturated rings. The number of carbonyl (C=O) groups excluding carboxylic acids is 1. The molecule has 1 aromatic heterocycles. The van der Waals surface area contributed by atoms with Crippen molar-refractivity contribution in [1.29, 1.82) is 0 Å². The van der Waals surface area contributed by atoms with E-state index in [1.54, 1.807) is 7.05 Å². The van der Waals surface area contributed by atoms with Crippen LogP contribution in [-0.4, -0.2) is 29.5 Å². The van der Waals surface area contributed by atoms with Gasteiger partial charge in [0.05, 0.1) is 0 Å². The van der Waals surface area contributed by atoms with E-state index in [4.69, 9.17) is 0 Å². The molecule has 2 N–H and O–H groups in total. The number of amides is 1. The van der Waals surface area contributed by atoms with Gasteiger partial charge in [-0.1, -0.05) is 0 Å². The van der Waals surface area contributed by atoms with Gasteiger partial charge < -0.3 is 10.6 Å². The van der Waals surface area contributed by atoms with Crippen molar-refractivity contribution < 1.29 is 4.79 Å². The number of nitrogens with zero attached hydrogens (tertiary/aromatic N) is 2. The normalized spacial score (nSPS) is 9.80. The molecule has 5 nitrogen and oxygen atoms in total. The SMILES string of the molecule is CNC(=O)CCNc1nc(C)cc(C)n1. The van der Waals surface area contributed by atoms with Crippen LogP contribution in [0.2, 0.25) is 0 Å². The van der Waals surface area contributed by atoms with Crippen LogP contribution in [0.25, 0.3) is 0 Å². The molecular weight excluding hydrogens is 192 g/mol. The van der Waals surface area contributed by atoms with Crippen molar-refractivity contribution in [3.05, 3.63) is 17.5 Å². The average Bonchev–Trinajstić information content (AvgIpc) is 2.16. The van der Waals surface area contributed by atoms with Gasteiger partial charge in [0.25, 0.3) is 0 Å². The highest BCUT2D eigenvalue weighted by Crippen LogP contribution is 2.03. The van der Waals surface area contributed by atoms with Crippen LogP contribution in [0, 0.1) is 13.8 Å². The predicted molar refractivity (Wildman–Crippen MR) is 58.7 cm³/mol. The molecule has 1 aromatic rings. The summed E-state index contributed by atoms with van der Waals surface area (Å²) >= 11 is 0. The van der Waals surface area contributed by atoms with E-state index in [9.17, 15) is 4.79 Å². The molecule has 0 aliphatic heterocycles. The number of anilines is 1. The minimum Gasteiger partial charge on any atom is -0.359 e. The first kappa shape index (κ1) is 11.4. The third-order valence-electron chi connectivity index (χ3n) is 1.90. The Labute approximate surface area is 89.3 Å². The van der Waals surface area contributed by atoms with Crippen molar-refractivity contribution in [1.82, 2.24) is 15.3 Å². The summed E-state index contributed by atoms with van der Waals surface area (Å²) in [7, 11) is 1.62. The largest absolute Gasteiger partial charge is 0.359 e. The van der Waals surface area contributed by atoms with E-state index in [0.29, 0.717) is 18.9 Å². The lowest BCUT2D eigenvalue weighted by Crippen LogP contribution is -2.21. The van der Waals surface area contributed by atoms with Gasteiger partial charge >= 0.3 is 0 Å². The molecule has 0 aliphatic rings. The smallest absolute Gasteiger partial charge is 0.223 e. The Bertz CT molecular complexity index is 331.